The van der Waals surface area contributed by atoms with E-state index < -0.39 is 27.9 Å². The zero-order chi connectivity index (χ0) is 21.8. The molecule has 0 spiro atoms. The van der Waals surface area contributed by atoms with E-state index in [0.29, 0.717) is 6.54 Å². The molecule has 9 heteroatoms. The van der Waals surface area contributed by atoms with Crippen LogP contribution in [0.1, 0.15) is 50.4 Å². The van der Waals surface area contributed by atoms with Gasteiger partial charge in [-0.1, -0.05) is 20.3 Å². The highest BCUT2D eigenvalue weighted by molar-refractivity contribution is 7.89. The SMILES string of the molecule is COC(=O)[C@@H](NC(=O)c1ccc(OC)c(S(=O)(=O)N2CCCCC2C)c1)C(C)C. The zero-order valence-corrected chi connectivity index (χ0v) is 18.4. The Labute approximate surface area is 172 Å². The van der Waals surface area contributed by atoms with Gasteiger partial charge in [-0.05, 0) is 43.9 Å². The van der Waals surface area contributed by atoms with Crippen molar-refractivity contribution in [1.29, 1.82) is 0 Å². The molecule has 0 radical (unpaired) electrons. The van der Waals surface area contributed by atoms with Crippen molar-refractivity contribution >= 4 is 21.9 Å². The van der Waals surface area contributed by atoms with Crippen LogP contribution in [0.25, 0.3) is 0 Å². The third-order valence-corrected chi connectivity index (χ3v) is 7.20. The van der Waals surface area contributed by atoms with Crippen molar-refractivity contribution in [2.75, 3.05) is 20.8 Å². The van der Waals surface area contributed by atoms with Gasteiger partial charge in [-0.15, -0.1) is 0 Å². The Morgan fingerprint density at radius 3 is 2.45 bits per heavy atom. The fourth-order valence-corrected chi connectivity index (χ4v) is 5.31. The molecule has 1 aliphatic rings. The van der Waals surface area contributed by atoms with Crippen molar-refractivity contribution < 1.29 is 27.5 Å². The summed E-state index contributed by atoms with van der Waals surface area (Å²) in [6, 6.07) is 3.28. The summed E-state index contributed by atoms with van der Waals surface area (Å²) in [6.07, 6.45) is 2.56. The van der Waals surface area contributed by atoms with Gasteiger partial charge in [0.25, 0.3) is 5.91 Å². The van der Waals surface area contributed by atoms with Crippen molar-refractivity contribution in [2.45, 2.75) is 57.0 Å². The highest BCUT2D eigenvalue weighted by Crippen LogP contribution is 2.31. The predicted molar refractivity (Wildman–Crippen MR) is 108 cm³/mol. The second-order valence-electron chi connectivity index (χ2n) is 7.54. The number of nitrogens with one attached hydrogen (secondary N) is 1. The van der Waals surface area contributed by atoms with Crippen LogP contribution in [0.5, 0.6) is 5.75 Å². The lowest BCUT2D eigenvalue weighted by atomic mass is 10.0. The number of sulfonamides is 1. The average molecular weight is 427 g/mol. The zero-order valence-electron chi connectivity index (χ0n) is 17.6. The summed E-state index contributed by atoms with van der Waals surface area (Å²) in [4.78, 5) is 24.6. The van der Waals surface area contributed by atoms with E-state index in [-0.39, 0.29) is 28.2 Å². The molecule has 1 unspecified atom stereocenters. The smallest absolute Gasteiger partial charge is 0.328 e. The van der Waals surface area contributed by atoms with Gasteiger partial charge < -0.3 is 14.8 Å². The number of benzene rings is 1. The van der Waals surface area contributed by atoms with E-state index in [1.165, 1.54) is 36.7 Å². The molecule has 0 aliphatic carbocycles. The summed E-state index contributed by atoms with van der Waals surface area (Å²) in [7, 11) is -1.20. The molecule has 1 aromatic rings. The molecule has 162 valence electrons. The maximum atomic E-state index is 13.3. The lowest BCUT2D eigenvalue weighted by Gasteiger charge is -2.32. The summed E-state index contributed by atoms with van der Waals surface area (Å²) >= 11 is 0. The van der Waals surface area contributed by atoms with Crippen LogP contribution in [0.2, 0.25) is 0 Å². The molecule has 1 aliphatic heterocycles. The van der Waals surface area contributed by atoms with E-state index in [1.807, 2.05) is 6.92 Å². The van der Waals surface area contributed by atoms with E-state index in [9.17, 15) is 18.0 Å². The highest BCUT2D eigenvalue weighted by Gasteiger charge is 2.34. The Morgan fingerprint density at radius 2 is 1.90 bits per heavy atom. The standard InChI is InChI=1S/C20H30N2O6S/c1-13(2)18(20(24)28-5)21-19(23)15-9-10-16(27-4)17(12-15)29(25,26)22-11-7-6-8-14(22)3/h9-10,12-14,18H,6-8,11H2,1-5H3,(H,21,23)/t14?,18-/m0/s1. The molecule has 1 saturated heterocycles. The molecule has 29 heavy (non-hydrogen) atoms. The van der Waals surface area contributed by atoms with Crippen LogP contribution >= 0.6 is 0 Å². The van der Waals surface area contributed by atoms with Crippen molar-refractivity contribution in [1.82, 2.24) is 9.62 Å². The van der Waals surface area contributed by atoms with E-state index in [1.54, 1.807) is 13.8 Å². The average Bonchev–Trinajstić information content (AvgIpc) is 2.70. The minimum Gasteiger partial charge on any atom is -0.495 e. The van der Waals surface area contributed by atoms with Gasteiger partial charge in [0.05, 0.1) is 14.2 Å². The Hall–Kier alpha value is -2.13. The molecule has 1 fully saturated rings. The second kappa shape index (κ2) is 9.58. The number of methoxy groups -OCH3 is 2. The Balaban J connectivity index is 2.39. The third kappa shape index (κ3) is 5.08. The molecule has 2 rings (SSSR count). The minimum atomic E-state index is -3.84. The van der Waals surface area contributed by atoms with Crippen LogP contribution in [0, 0.1) is 5.92 Å². The predicted octanol–water partition coefficient (Wildman–Crippen LogP) is 2.19. The van der Waals surface area contributed by atoms with E-state index in [0.717, 1.165) is 19.3 Å². The molecule has 0 saturated carbocycles. The summed E-state index contributed by atoms with van der Waals surface area (Å²) in [5, 5.41) is 2.63. The normalized spacial score (nSPS) is 18.9. The maximum absolute atomic E-state index is 13.3. The fraction of sp³-hybridized carbons (Fsp3) is 0.600. The Bertz CT molecular complexity index is 853. The van der Waals surface area contributed by atoms with Gasteiger partial charge in [-0.25, -0.2) is 13.2 Å². The Morgan fingerprint density at radius 1 is 1.21 bits per heavy atom. The van der Waals surface area contributed by atoms with E-state index in [2.05, 4.69) is 5.32 Å². The number of nitrogens with zero attached hydrogens (tertiary/aromatic N) is 1. The van der Waals surface area contributed by atoms with Crippen molar-refractivity contribution in [2.24, 2.45) is 5.92 Å². The number of hydrogen-bond donors (Lipinski definition) is 1. The molecule has 0 bridgehead atoms. The van der Waals surface area contributed by atoms with Crippen LogP contribution in [0.4, 0.5) is 0 Å². The van der Waals surface area contributed by atoms with Crippen molar-refractivity contribution in [3.63, 3.8) is 0 Å². The summed E-state index contributed by atoms with van der Waals surface area (Å²) in [5.74, 6) is -1.13. The number of piperidine rings is 1. The number of hydrogen-bond acceptors (Lipinski definition) is 6. The minimum absolute atomic E-state index is 0.0550. The molecular formula is C20H30N2O6S. The molecule has 1 amide bonds. The van der Waals surface area contributed by atoms with Gasteiger partial charge in [-0.2, -0.15) is 4.31 Å². The highest BCUT2D eigenvalue weighted by atomic mass is 32.2. The molecule has 1 heterocycles. The van der Waals surface area contributed by atoms with E-state index >= 15 is 0 Å². The monoisotopic (exact) mass is 426 g/mol. The molecule has 1 N–H and O–H groups in total. The Kier molecular flexibility index (Phi) is 7.65. The first kappa shape index (κ1) is 23.2. The number of rotatable bonds is 7. The van der Waals surface area contributed by atoms with Gasteiger partial charge in [0.2, 0.25) is 10.0 Å². The molecule has 1 aromatic carbocycles. The fourth-order valence-electron chi connectivity index (χ4n) is 3.42. The van der Waals surface area contributed by atoms with Crippen molar-refractivity contribution in [3.8, 4) is 5.75 Å². The summed E-state index contributed by atoms with van der Waals surface area (Å²) in [5.41, 5.74) is 0.128. The molecular weight excluding hydrogens is 396 g/mol. The van der Waals surface area contributed by atoms with Gasteiger partial charge in [0.15, 0.2) is 0 Å². The van der Waals surface area contributed by atoms with Gasteiger partial charge in [0, 0.05) is 18.2 Å². The number of carbonyl (C=O) groups is 2. The molecule has 8 nitrogen and oxygen atoms in total. The first-order valence-electron chi connectivity index (χ1n) is 9.72. The molecule has 0 aromatic heterocycles. The van der Waals surface area contributed by atoms with Crippen LogP contribution in [0.3, 0.4) is 0 Å². The van der Waals surface area contributed by atoms with Crippen LogP contribution in [-0.4, -0.2) is 57.4 Å². The first-order chi connectivity index (χ1) is 13.6. The van der Waals surface area contributed by atoms with Crippen molar-refractivity contribution in [3.05, 3.63) is 23.8 Å². The van der Waals surface area contributed by atoms with Crippen LogP contribution < -0.4 is 10.1 Å². The van der Waals surface area contributed by atoms with Crippen LogP contribution in [-0.2, 0) is 19.6 Å². The topological polar surface area (TPSA) is 102 Å². The second-order valence-corrected chi connectivity index (χ2v) is 9.40. The van der Waals surface area contributed by atoms with E-state index in [4.69, 9.17) is 9.47 Å². The quantitative estimate of drug-likeness (QED) is 0.671. The first-order valence-corrected chi connectivity index (χ1v) is 11.2. The third-order valence-electron chi connectivity index (χ3n) is 5.16. The number of esters is 1. The number of carbonyl (C=O) groups excluding carboxylic acids is 2. The van der Waals surface area contributed by atoms with Gasteiger partial charge in [0.1, 0.15) is 16.7 Å². The lowest BCUT2D eigenvalue weighted by molar-refractivity contribution is -0.144. The van der Waals surface area contributed by atoms with Gasteiger partial charge in [-0.3, -0.25) is 4.79 Å². The number of amides is 1. The van der Waals surface area contributed by atoms with Gasteiger partial charge >= 0.3 is 5.97 Å². The summed E-state index contributed by atoms with van der Waals surface area (Å²) in [6.45, 7) is 5.87. The van der Waals surface area contributed by atoms with Crippen LogP contribution in [0.15, 0.2) is 23.1 Å². The lowest BCUT2D eigenvalue weighted by Crippen LogP contribution is -2.45. The molecule has 2 atom stereocenters. The number of ether oxygens (including phenoxy) is 2. The summed E-state index contributed by atoms with van der Waals surface area (Å²) < 4.78 is 38.0. The largest absolute Gasteiger partial charge is 0.495 e. The maximum Gasteiger partial charge on any atom is 0.328 e.